The Kier molecular flexibility index (Phi) is 7.93. The van der Waals surface area contributed by atoms with Crippen LogP contribution in [-0.4, -0.2) is 59.0 Å². The number of azo groups is 1. The van der Waals surface area contributed by atoms with Crippen molar-refractivity contribution in [3.8, 4) is 5.75 Å². The van der Waals surface area contributed by atoms with Gasteiger partial charge < -0.3 is 10.4 Å². The summed E-state index contributed by atoms with van der Waals surface area (Å²) in [7, 11) is -15.1. The summed E-state index contributed by atoms with van der Waals surface area (Å²) in [4.78, 5) is 8.76. The fourth-order valence-corrected chi connectivity index (χ4v) is 6.76. The minimum Gasteiger partial charge on any atom is -0.505 e. The third-order valence-corrected chi connectivity index (χ3v) is 8.97. The van der Waals surface area contributed by atoms with Crippen molar-refractivity contribution in [2.75, 3.05) is 5.32 Å². The number of anilines is 2. The Bertz CT molecular complexity index is 2370. The van der Waals surface area contributed by atoms with Gasteiger partial charge in [-0.1, -0.05) is 18.2 Å². The van der Waals surface area contributed by atoms with E-state index in [2.05, 4.69) is 30.5 Å². The van der Waals surface area contributed by atoms with Crippen molar-refractivity contribution in [1.29, 1.82) is 0 Å². The highest BCUT2D eigenvalue weighted by atomic mass is 35.5. The van der Waals surface area contributed by atoms with Crippen LogP contribution in [0, 0.1) is 0 Å². The Balaban J connectivity index is 1.67. The first-order chi connectivity index (χ1) is 20.4. The van der Waals surface area contributed by atoms with Crippen molar-refractivity contribution in [2.45, 2.75) is 14.7 Å². The highest BCUT2D eigenvalue weighted by Crippen LogP contribution is 2.43. The highest BCUT2D eigenvalue weighted by molar-refractivity contribution is 7.86. The number of nitrogens with zero attached hydrogens (tertiary/aromatic N) is 5. The lowest BCUT2D eigenvalue weighted by Gasteiger charge is -2.12. The summed E-state index contributed by atoms with van der Waals surface area (Å²) in [5.74, 6) is -0.854. The second kappa shape index (κ2) is 11.1. The lowest BCUT2D eigenvalue weighted by molar-refractivity contribution is 0.472. The van der Waals surface area contributed by atoms with Gasteiger partial charge in [0.2, 0.25) is 16.5 Å². The standard InChI is InChI=1S/C23H14Cl2N6O10S3/c24-21-27-22(25)29-23(28-21)26-11-4-5-12-10(8-11)9-17(43(36,37)38)18(19(12)32)31-30-15-7-6-13-14(20(15)44(39,40)41)2-1-3-16(13)42(33,34)35/h1-9,32H,(H,33,34,35)(H,36,37,38)(H,39,40,41)(H,26,27,28,29). The molecule has 5 rings (SSSR count). The number of nitrogens with one attached hydrogen (secondary N) is 1. The molecule has 1 heterocycles. The molecule has 16 nitrogen and oxygen atoms in total. The number of phenolic OH excluding ortho intramolecular Hbond substituents is 1. The number of aromatic nitrogens is 3. The van der Waals surface area contributed by atoms with E-state index in [-0.39, 0.29) is 43.7 Å². The van der Waals surface area contributed by atoms with E-state index in [0.29, 0.717) is 0 Å². The Labute approximate surface area is 257 Å². The zero-order valence-corrected chi connectivity index (χ0v) is 25.1. The van der Waals surface area contributed by atoms with E-state index in [4.69, 9.17) is 23.2 Å². The van der Waals surface area contributed by atoms with E-state index in [1.807, 2.05) is 0 Å². The molecule has 0 aliphatic heterocycles. The smallest absolute Gasteiger partial charge is 0.297 e. The summed E-state index contributed by atoms with van der Waals surface area (Å²) in [6.07, 6.45) is 0. The Morgan fingerprint density at radius 2 is 1.32 bits per heavy atom. The van der Waals surface area contributed by atoms with Gasteiger partial charge in [0, 0.05) is 21.8 Å². The van der Waals surface area contributed by atoms with Crippen LogP contribution in [0.15, 0.2) is 79.5 Å². The van der Waals surface area contributed by atoms with Gasteiger partial charge in [-0.05, 0) is 65.0 Å². The minimum absolute atomic E-state index is 0.00919. The molecule has 228 valence electrons. The summed E-state index contributed by atoms with van der Waals surface area (Å²) in [5.41, 5.74) is -1.14. The molecule has 44 heavy (non-hydrogen) atoms. The van der Waals surface area contributed by atoms with Crippen LogP contribution in [0.1, 0.15) is 0 Å². The number of halogens is 2. The zero-order chi connectivity index (χ0) is 32.2. The van der Waals surface area contributed by atoms with Crippen molar-refractivity contribution in [2.24, 2.45) is 10.2 Å². The van der Waals surface area contributed by atoms with Gasteiger partial charge in [0.05, 0.1) is 0 Å². The van der Waals surface area contributed by atoms with E-state index >= 15 is 0 Å². The van der Waals surface area contributed by atoms with Crippen LogP contribution in [-0.2, 0) is 30.4 Å². The molecule has 0 aliphatic rings. The number of aromatic hydroxyl groups is 1. The van der Waals surface area contributed by atoms with E-state index in [1.165, 1.54) is 18.2 Å². The quantitative estimate of drug-likeness (QED) is 0.109. The largest absolute Gasteiger partial charge is 0.505 e. The SMILES string of the molecule is O=S(=O)(O)c1cc2cc(Nc3nc(Cl)nc(Cl)n3)ccc2c(O)c1N=Nc1ccc2c(S(=O)(=O)O)cccc2c1S(=O)(=O)O. The number of benzene rings is 4. The molecule has 5 aromatic rings. The molecule has 0 fully saturated rings. The van der Waals surface area contributed by atoms with Crippen LogP contribution in [0.4, 0.5) is 23.0 Å². The normalized spacial score (nSPS) is 12.8. The Morgan fingerprint density at radius 1 is 0.682 bits per heavy atom. The third kappa shape index (κ3) is 6.25. The van der Waals surface area contributed by atoms with Crippen molar-refractivity contribution >= 4 is 98.1 Å². The number of hydrogen-bond donors (Lipinski definition) is 5. The van der Waals surface area contributed by atoms with Crippen LogP contribution in [0.25, 0.3) is 21.5 Å². The first-order valence-corrected chi connectivity index (χ1v) is 16.5. The zero-order valence-electron chi connectivity index (χ0n) is 21.2. The predicted octanol–water partition coefficient (Wildman–Crippen LogP) is 5.09. The molecule has 0 spiro atoms. The molecular formula is C23H14Cl2N6O10S3. The van der Waals surface area contributed by atoms with Crippen molar-refractivity contribution in [3.05, 3.63) is 65.2 Å². The van der Waals surface area contributed by atoms with Crippen LogP contribution in [0.3, 0.4) is 0 Å². The lowest BCUT2D eigenvalue weighted by Crippen LogP contribution is -2.03. The summed E-state index contributed by atoms with van der Waals surface area (Å²) in [6, 6.07) is 10.2. The first-order valence-electron chi connectivity index (χ1n) is 11.5. The van der Waals surface area contributed by atoms with Crippen LogP contribution in [0.5, 0.6) is 5.75 Å². The topological polar surface area (TPSA) is 259 Å². The van der Waals surface area contributed by atoms with Gasteiger partial charge in [-0.15, -0.1) is 10.2 Å². The molecule has 5 N–H and O–H groups in total. The van der Waals surface area contributed by atoms with Gasteiger partial charge in [-0.2, -0.15) is 40.2 Å². The Hall–Kier alpha value is -4.08. The van der Waals surface area contributed by atoms with Crippen LogP contribution in [0.2, 0.25) is 10.6 Å². The fraction of sp³-hybridized carbons (Fsp3) is 0. The second-order valence-electron chi connectivity index (χ2n) is 8.72. The maximum absolute atomic E-state index is 12.3. The summed E-state index contributed by atoms with van der Waals surface area (Å²) in [5, 5.41) is 20.1. The molecular weight excluding hydrogens is 687 g/mol. The fourth-order valence-electron chi connectivity index (χ4n) is 4.20. The van der Waals surface area contributed by atoms with E-state index in [9.17, 15) is 44.0 Å². The first kappa shape index (κ1) is 31.3. The van der Waals surface area contributed by atoms with Crippen LogP contribution < -0.4 is 5.32 Å². The summed E-state index contributed by atoms with van der Waals surface area (Å²) in [6.45, 7) is 0. The summed E-state index contributed by atoms with van der Waals surface area (Å²) >= 11 is 11.5. The molecule has 0 amide bonds. The maximum atomic E-state index is 12.3. The minimum atomic E-state index is -5.14. The number of phenols is 1. The van der Waals surface area contributed by atoms with Gasteiger partial charge in [-0.25, -0.2) is 0 Å². The molecule has 0 aliphatic carbocycles. The monoisotopic (exact) mass is 700 g/mol. The second-order valence-corrected chi connectivity index (χ2v) is 13.5. The van der Waals surface area contributed by atoms with Crippen molar-refractivity contribution < 1.29 is 44.0 Å². The molecule has 0 atom stereocenters. The number of fused-ring (bicyclic) bond motifs is 2. The van der Waals surface area contributed by atoms with E-state index in [0.717, 1.165) is 36.4 Å². The number of rotatable bonds is 7. The van der Waals surface area contributed by atoms with Crippen molar-refractivity contribution in [1.82, 2.24) is 15.0 Å². The molecule has 0 bridgehead atoms. The third-order valence-electron chi connectivity index (χ3n) is 5.91. The molecule has 1 aromatic heterocycles. The maximum Gasteiger partial charge on any atom is 0.297 e. The molecule has 0 unspecified atom stereocenters. The number of hydrogen-bond acceptors (Lipinski definition) is 13. The average Bonchev–Trinajstić information content (AvgIpc) is 2.89. The van der Waals surface area contributed by atoms with Gasteiger partial charge in [0.1, 0.15) is 26.1 Å². The Morgan fingerprint density at radius 3 is 1.93 bits per heavy atom. The van der Waals surface area contributed by atoms with E-state index in [1.54, 1.807) is 0 Å². The molecule has 0 saturated carbocycles. The summed E-state index contributed by atoms with van der Waals surface area (Å²) < 4.78 is 102. The van der Waals surface area contributed by atoms with Crippen LogP contribution >= 0.6 is 23.2 Å². The van der Waals surface area contributed by atoms with E-state index < -0.39 is 62.2 Å². The van der Waals surface area contributed by atoms with Gasteiger partial charge in [-0.3, -0.25) is 13.7 Å². The van der Waals surface area contributed by atoms with Gasteiger partial charge in [0.25, 0.3) is 30.4 Å². The predicted molar refractivity (Wildman–Crippen MR) is 156 cm³/mol. The van der Waals surface area contributed by atoms with Gasteiger partial charge in [0.15, 0.2) is 5.75 Å². The van der Waals surface area contributed by atoms with Gasteiger partial charge >= 0.3 is 0 Å². The molecule has 4 aromatic carbocycles. The average molecular weight is 702 g/mol. The molecule has 0 radical (unpaired) electrons. The molecule has 0 saturated heterocycles. The van der Waals surface area contributed by atoms with Crippen molar-refractivity contribution in [3.63, 3.8) is 0 Å². The highest BCUT2D eigenvalue weighted by Gasteiger charge is 2.25. The lowest BCUT2D eigenvalue weighted by atomic mass is 10.1. The molecule has 21 heteroatoms.